The average molecular weight is 296 g/mol. The first-order valence-electron chi connectivity index (χ1n) is 7.57. The van der Waals surface area contributed by atoms with Gasteiger partial charge in [0.15, 0.2) is 0 Å². The highest BCUT2D eigenvalue weighted by Crippen LogP contribution is 2.23. The van der Waals surface area contributed by atoms with Gasteiger partial charge in [-0.25, -0.2) is 4.98 Å². The molecule has 0 spiro atoms. The first-order chi connectivity index (χ1) is 9.55. The third-order valence-electron chi connectivity index (χ3n) is 4.21. The van der Waals surface area contributed by atoms with E-state index in [9.17, 15) is 0 Å². The molecule has 0 radical (unpaired) electrons. The molecule has 0 N–H and O–H groups in total. The molecule has 2 rings (SSSR count). The van der Waals surface area contributed by atoms with Crippen molar-refractivity contribution in [2.75, 3.05) is 31.6 Å². The van der Waals surface area contributed by atoms with Gasteiger partial charge >= 0.3 is 0 Å². The molecule has 0 amide bonds. The lowest BCUT2D eigenvalue weighted by molar-refractivity contribution is 0.213. The molecule has 1 aliphatic rings. The average Bonchev–Trinajstić information content (AvgIpc) is 2.47. The number of rotatable bonds is 4. The molecule has 0 saturated carbocycles. The quantitative estimate of drug-likeness (QED) is 0.793. The molecule has 20 heavy (non-hydrogen) atoms. The topological polar surface area (TPSA) is 19.4 Å². The second kappa shape index (κ2) is 6.77. The molecule has 1 unspecified atom stereocenters. The molecule has 1 aliphatic heterocycles. The van der Waals surface area contributed by atoms with E-state index >= 15 is 0 Å². The van der Waals surface area contributed by atoms with Crippen LogP contribution in [0.25, 0.3) is 0 Å². The molecule has 0 aliphatic carbocycles. The van der Waals surface area contributed by atoms with Crippen molar-refractivity contribution in [3.8, 4) is 0 Å². The van der Waals surface area contributed by atoms with Crippen LogP contribution in [0.1, 0.15) is 44.4 Å². The lowest BCUT2D eigenvalue weighted by Crippen LogP contribution is -2.51. The van der Waals surface area contributed by atoms with Crippen LogP contribution in [0.15, 0.2) is 12.1 Å². The van der Waals surface area contributed by atoms with E-state index in [4.69, 9.17) is 16.6 Å². The van der Waals surface area contributed by atoms with Crippen molar-refractivity contribution >= 4 is 17.4 Å². The summed E-state index contributed by atoms with van der Waals surface area (Å²) in [6.07, 6.45) is 1.18. The Morgan fingerprint density at radius 2 is 2.10 bits per heavy atom. The molecule has 112 valence electrons. The second-order valence-electron chi connectivity index (χ2n) is 6.04. The third kappa shape index (κ3) is 3.44. The van der Waals surface area contributed by atoms with Gasteiger partial charge in [-0.1, -0.05) is 20.8 Å². The van der Waals surface area contributed by atoms with Gasteiger partial charge in [-0.15, -0.1) is 11.6 Å². The molecule has 2 heterocycles. The minimum absolute atomic E-state index is 0.436. The van der Waals surface area contributed by atoms with Crippen LogP contribution < -0.4 is 4.90 Å². The fourth-order valence-corrected chi connectivity index (χ4v) is 2.88. The minimum Gasteiger partial charge on any atom is -0.354 e. The van der Waals surface area contributed by atoms with E-state index < -0.39 is 0 Å². The maximum Gasteiger partial charge on any atom is 0.129 e. The molecule has 1 saturated heterocycles. The largest absolute Gasteiger partial charge is 0.354 e. The summed E-state index contributed by atoms with van der Waals surface area (Å²) in [6, 6.07) is 4.90. The van der Waals surface area contributed by atoms with Crippen molar-refractivity contribution < 1.29 is 0 Å². The fourth-order valence-electron chi connectivity index (χ4n) is 2.72. The lowest BCUT2D eigenvalue weighted by atomic mass is 10.1. The Balaban J connectivity index is 2.25. The summed E-state index contributed by atoms with van der Waals surface area (Å²) in [6.45, 7) is 9.83. The van der Waals surface area contributed by atoms with E-state index in [1.165, 1.54) is 12.0 Å². The number of hydrogen-bond acceptors (Lipinski definition) is 3. The Kier molecular flexibility index (Phi) is 5.28. The van der Waals surface area contributed by atoms with E-state index in [0.717, 1.165) is 31.1 Å². The van der Waals surface area contributed by atoms with E-state index in [0.29, 0.717) is 17.8 Å². The molecule has 1 aromatic heterocycles. The Bertz CT molecular complexity index is 447. The molecule has 1 aromatic rings. The fraction of sp³-hybridized carbons (Fsp3) is 0.688. The smallest absolute Gasteiger partial charge is 0.129 e. The Hall–Kier alpha value is -0.800. The van der Waals surface area contributed by atoms with Crippen molar-refractivity contribution in [3.05, 3.63) is 23.4 Å². The zero-order chi connectivity index (χ0) is 14.7. The van der Waals surface area contributed by atoms with E-state index in [1.54, 1.807) is 0 Å². The number of hydrogen-bond donors (Lipinski definition) is 0. The van der Waals surface area contributed by atoms with Crippen molar-refractivity contribution in [2.45, 2.75) is 45.0 Å². The van der Waals surface area contributed by atoms with Gasteiger partial charge in [-0.05, 0) is 37.1 Å². The van der Waals surface area contributed by atoms with Crippen LogP contribution in [-0.2, 0) is 5.88 Å². The zero-order valence-electron chi connectivity index (χ0n) is 13.1. The number of alkyl halides is 1. The Morgan fingerprint density at radius 3 is 2.70 bits per heavy atom. The van der Waals surface area contributed by atoms with Crippen molar-refractivity contribution in [1.29, 1.82) is 0 Å². The van der Waals surface area contributed by atoms with E-state index in [2.05, 4.69) is 49.8 Å². The summed E-state index contributed by atoms with van der Waals surface area (Å²) >= 11 is 6.04. The van der Waals surface area contributed by atoms with Crippen molar-refractivity contribution in [1.82, 2.24) is 9.88 Å². The van der Waals surface area contributed by atoms with Gasteiger partial charge < -0.3 is 4.90 Å². The summed E-state index contributed by atoms with van der Waals surface area (Å²) < 4.78 is 0. The van der Waals surface area contributed by atoms with Gasteiger partial charge in [0.25, 0.3) is 0 Å². The summed E-state index contributed by atoms with van der Waals surface area (Å²) in [5.41, 5.74) is 2.32. The molecule has 4 heteroatoms. The number of anilines is 1. The highest BCUT2D eigenvalue weighted by molar-refractivity contribution is 6.17. The van der Waals surface area contributed by atoms with Crippen LogP contribution in [0.3, 0.4) is 0 Å². The Morgan fingerprint density at radius 1 is 1.35 bits per heavy atom. The van der Waals surface area contributed by atoms with Gasteiger partial charge in [-0.3, -0.25) is 4.90 Å². The molecular formula is C16H26ClN3. The first kappa shape index (κ1) is 15.6. The highest BCUT2D eigenvalue weighted by Gasteiger charge is 2.24. The van der Waals surface area contributed by atoms with Crippen LogP contribution in [0.4, 0.5) is 5.82 Å². The minimum atomic E-state index is 0.436. The van der Waals surface area contributed by atoms with Crippen molar-refractivity contribution in [3.63, 3.8) is 0 Å². The maximum absolute atomic E-state index is 6.04. The number of likely N-dealkylation sites (N-methyl/N-ethyl adjacent to an activating group) is 1. The monoisotopic (exact) mass is 295 g/mol. The van der Waals surface area contributed by atoms with Crippen LogP contribution in [0.2, 0.25) is 0 Å². The molecule has 0 bridgehead atoms. The molecular weight excluding hydrogens is 270 g/mol. The van der Waals surface area contributed by atoms with Gasteiger partial charge in [-0.2, -0.15) is 0 Å². The molecule has 1 atom stereocenters. The predicted molar refractivity (Wildman–Crippen MR) is 86.8 cm³/mol. The molecule has 3 nitrogen and oxygen atoms in total. The summed E-state index contributed by atoms with van der Waals surface area (Å²) in [4.78, 5) is 9.71. The van der Waals surface area contributed by atoms with Crippen LogP contribution in [-0.4, -0.2) is 42.6 Å². The van der Waals surface area contributed by atoms with Crippen LogP contribution in [0.5, 0.6) is 0 Å². The number of piperazine rings is 1. The lowest BCUT2D eigenvalue weighted by Gasteiger charge is -2.40. The maximum atomic E-state index is 6.04. The first-order valence-corrected chi connectivity index (χ1v) is 8.10. The number of aromatic nitrogens is 1. The normalized spacial score (nSPS) is 20.7. The van der Waals surface area contributed by atoms with Gasteiger partial charge in [0.2, 0.25) is 0 Å². The zero-order valence-corrected chi connectivity index (χ0v) is 13.8. The summed E-state index contributed by atoms with van der Waals surface area (Å²) in [5.74, 6) is 2.09. The van der Waals surface area contributed by atoms with Crippen LogP contribution in [0, 0.1) is 0 Å². The van der Waals surface area contributed by atoms with Gasteiger partial charge in [0.1, 0.15) is 5.82 Å². The third-order valence-corrected chi connectivity index (χ3v) is 4.52. The number of pyridine rings is 1. The summed E-state index contributed by atoms with van der Waals surface area (Å²) in [5, 5.41) is 0. The standard InChI is InChI=1S/C16H26ClN3/c1-5-14-11-20(7-6-19(14)4)16-9-13(10-17)8-15(18-16)12(2)3/h8-9,12,14H,5-7,10-11H2,1-4H3. The van der Waals surface area contributed by atoms with Crippen LogP contribution >= 0.6 is 11.6 Å². The Labute approximate surface area is 127 Å². The van der Waals surface area contributed by atoms with E-state index in [-0.39, 0.29) is 0 Å². The number of halogens is 1. The second-order valence-corrected chi connectivity index (χ2v) is 6.30. The van der Waals surface area contributed by atoms with Crippen molar-refractivity contribution in [2.24, 2.45) is 0 Å². The summed E-state index contributed by atoms with van der Waals surface area (Å²) in [7, 11) is 2.22. The predicted octanol–water partition coefficient (Wildman–Crippen LogP) is 3.47. The van der Waals surface area contributed by atoms with Gasteiger partial charge in [0.05, 0.1) is 0 Å². The van der Waals surface area contributed by atoms with E-state index in [1.807, 2.05) is 0 Å². The SMILES string of the molecule is CCC1CN(c2cc(CCl)cc(C(C)C)n2)CCN1C. The molecule has 1 fully saturated rings. The molecule has 0 aromatic carbocycles. The van der Waals surface area contributed by atoms with Gasteiger partial charge in [0, 0.05) is 37.3 Å². The number of nitrogens with zero attached hydrogens (tertiary/aromatic N) is 3. The highest BCUT2D eigenvalue weighted by atomic mass is 35.5.